The van der Waals surface area contributed by atoms with Gasteiger partial charge in [0.2, 0.25) is 11.8 Å². The number of imide groups is 1. The summed E-state index contributed by atoms with van der Waals surface area (Å²) in [6, 6.07) is 17.5. The smallest absolute Gasteiger partial charge is 0.330 e. The summed E-state index contributed by atoms with van der Waals surface area (Å²) in [6.07, 6.45) is 10.7. The molecule has 5 aliphatic rings. The number of carbonyl (C=O) groups excluding carboxylic acids is 3. The molecule has 3 amide bonds. The van der Waals surface area contributed by atoms with Gasteiger partial charge >= 0.3 is 5.69 Å². The lowest BCUT2D eigenvalue weighted by atomic mass is 9.92. The zero-order chi connectivity index (χ0) is 49.2. The van der Waals surface area contributed by atoms with Crippen molar-refractivity contribution < 1.29 is 18.8 Å². The molecule has 15 nitrogen and oxygen atoms in total. The lowest BCUT2D eigenvalue weighted by Crippen LogP contribution is -2.53. The maximum Gasteiger partial charge on any atom is 0.330 e. The Balaban J connectivity index is 0.677. The van der Waals surface area contributed by atoms with Gasteiger partial charge in [0.25, 0.3) is 5.91 Å². The number of aromatic nitrogens is 5. The van der Waals surface area contributed by atoms with Gasteiger partial charge in [-0.25, -0.2) is 19.2 Å². The lowest BCUT2D eigenvalue weighted by molar-refractivity contribution is -0.135. The van der Waals surface area contributed by atoms with Gasteiger partial charge in [-0.15, -0.1) is 0 Å². The Bertz CT molecular complexity index is 3140. The van der Waals surface area contributed by atoms with Gasteiger partial charge in [0.15, 0.2) is 0 Å². The molecule has 0 unspecified atom stereocenters. The molecule has 11 rings (SSSR count). The standard InChI is InChI=1S/C55H64FN11O4/c1-33-25-40(27-44(56)51(33)38-16-21-63(22-17-38)35(3)47-28-43-42(13-18-58-52(43)61(47)4)39-6-11-49(57)59-29-39)54(70)64-19-14-36(15-20-64)32-65-24-23-62(30-34(65)2)31-37-5-9-45-48(26-37)66(41-7-8-41)55(71)67(45)46-10-12-50(68)60-53(46)69/h5-6,9,11,13,16,18,25-29,34-36,41,46H,7-8,10,12,14-15,17,19-24,30-32H2,1-4H3,(H2,57,59)(H,60,68,69)/t34-,35-,46-/m0/s1. The molecule has 0 radical (unpaired) electrons. The number of hydrogen-bond donors (Lipinski definition) is 2. The van der Waals surface area contributed by atoms with E-state index in [2.05, 4.69) is 74.7 Å². The van der Waals surface area contributed by atoms with Gasteiger partial charge in [-0.05, 0) is 136 Å². The van der Waals surface area contributed by atoms with Gasteiger partial charge < -0.3 is 15.2 Å². The van der Waals surface area contributed by atoms with E-state index in [0.717, 1.165) is 121 Å². The molecular formula is C55H64FN11O4. The van der Waals surface area contributed by atoms with E-state index in [9.17, 15) is 19.2 Å². The highest BCUT2D eigenvalue weighted by atomic mass is 19.1. The number of piperazine rings is 1. The average Bonchev–Trinajstić information content (AvgIpc) is 4.08. The van der Waals surface area contributed by atoms with Crippen LogP contribution in [-0.4, -0.2) is 119 Å². The van der Waals surface area contributed by atoms with Crippen LogP contribution in [-0.2, 0) is 23.2 Å². The third-order valence-electron chi connectivity index (χ3n) is 16.2. The molecule has 0 bridgehead atoms. The highest BCUT2D eigenvalue weighted by molar-refractivity contribution is 6.00. The van der Waals surface area contributed by atoms with Gasteiger partial charge in [-0.2, -0.15) is 0 Å². The van der Waals surface area contributed by atoms with Crippen LogP contribution in [0.25, 0.3) is 38.8 Å². The first-order valence-corrected chi connectivity index (χ1v) is 25.5. The minimum atomic E-state index is -0.686. The molecule has 370 valence electrons. The predicted octanol–water partition coefficient (Wildman–Crippen LogP) is 7.00. The first-order chi connectivity index (χ1) is 34.3. The number of piperidine rings is 2. The van der Waals surface area contributed by atoms with E-state index in [1.54, 1.807) is 10.8 Å². The van der Waals surface area contributed by atoms with E-state index in [1.165, 1.54) is 6.07 Å². The minimum absolute atomic E-state index is 0.0964. The summed E-state index contributed by atoms with van der Waals surface area (Å²) in [4.78, 5) is 70.7. The Morgan fingerprint density at radius 2 is 1.72 bits per heavy atom. The first kappa shape index (κ1) is 46.9. The number of pyridine rings is 2. The predicted molar refractivity (Wildman–Crippen MR) is 273 cm³/mol. The zero-order valence-electron chi connectivity index (χ0n) is 41.2. The number of fused-ring (bicyclic) bond motifs is 2. The summed E-state index contributed by atoms with van der Waals surface area (Å²) in [5.41, 5.74) is 15.3. The van der Waals surface area contributed by atoms with Crippen LogP contribution in [0.2, 0.25) is 0 Å². The number of carbonyl (C=O) groups is 3. The summed E-state index contributed by atoms with van der Waals surface area (Å²) in [7, 11) is 2.06. The summed E-state index contributed by atoms with van der Waals surface area (Å²) in [6.45, 7) is 13.7. The molecular weight excluding hydrogens is 898 g/mol. The summed E-state index contributed by atoms with van der Waals surface area (Å²) < 4.78 is 21.8. The second-order valence-corrected chi connectivity index (χ2v) is 20.9. The number of nitrogens with one attached hydrogen (secondary N) is 1. The average molecular weight is 962 g/mol. The fourth-order valence-corrected chi connectivity index (χ4v) is 12.1. The maximum absolute atomic E-state index is 16.1. The Hall–Kier alpha value is -6.49. The number of rotatable bonds is 11. The largest absolute Gasteiger partial charge is 0.384 e. The number of anilines is 1. The van der Waals surface area contributed by atoms with Crippen LogP contribution in [0.4, 0.5) is 10.2 Å². The highest BCUT2D eigenvalue weighted by Crippen LogP contribution is 2.39. The molecule has 8 heterocycles. The van der Waals surface area contributed by atoms with Gasteiger partial charge in [-0.3, -0.25) is 43.5 Å². The Morgan fingerprint density at radius 1 is 0.901 bits per heavy atom. The molecule has 4 aliphatic heterocycles. The van der Waals surface area contributed by atoms with Crippen molar-refractivity contribution in [3.05, 3.63) is 117 Å². The molecule has 2 aromatic carbocycles. The first-order valence-electron chi connectivity index (χ1n) is 25.5. The number of imidazole rings is 1. The lowest BCUT2D eigenvalue weighted by Gasteiger charge is -2.42. The summed E-state index contributed by atoms with van der Waals surface area (Å²) >= 11 is 0. The molecule has 6 aromatic rings. The number of halogens is 1. The monoisotopic (exact) mass is 962 g/mol. The number of nitrogen functional groups attached to an aromatic ring is 1. The van der Waals surface area contributed by atoms with Crippen LogP contribution >= 0.6 is 0 Å². The fourth-order valence-electron chi connectivity index (χ4n) is 12.1. The number of likely N-dealkylation sites (tertiary alicyclic amines) is 1. The van der Waals surface area contributed by atoms with Gasteiger partial charge in [-0.1, -0.05) is 12.1 Å². The molecule has 0 spiro atoms. The molecule has 16 heteroatoms. The second kappa shape index (κ2) is 18.9. The quantitative estimate of drug-likeness (QED) is 0.130. The van der Waals surface area contributed by atoms with Crippen molar-refractivity contribution in [2.24, 2.45) is 13.0 Å². The molecule has 1 aliphatic carbocycles. The van der Waals surface area contributed by atoms with Crippen LogP contribution in [0, 0.1) is 18.7 Å². The van der Waals surface area contributed by atoms with Crippen molar-refractivity contribution in [1.29, 1.82) is 0 Å². The van der Waals surface area contributed by atoms with Gasteiger partial charge in [0.1, 0.15) is 23.3 Å². The van der Waals surface area contributed by atoms with Crippen LogP contribution in [0.5, 0.6) is 0 Å². The summed E-state index contributed by atoms with van der Waals surface area (Å²) in [5, 5.41) is 3.48. The molecule has 1 saturated carbocycles. The third kappa shape index (κ3) is 8.99. The number of nitrogens with two attached hydrogens (primary N) is 1. The number of nitrogens with zero attached hydrogens (tertiary/aromatic N) is 9. The van der Waals surface area contributed by atoms with Crippen molar-refractivity contribution in [3.63, 3.8) is 0 Å². The van der Waals surface area contributed by atoms with E-state index in [1.807, 2.05) is 52.9 Å². The zero-order valence-corrected chi connectivity index (χ0v) is 41.2. The van der Waals surface area contributed by atoms with Crippen LogP contribution in [0.1, 0.15) is 110 Å². The topological polar surface area (TPSA) is 160 Å². The number of benzene rings is 2. The van der Waals surface area contributed by atoms with Gasteiger partial charge in [0, 0.05) is 131 Å². The molecule has 3 saturated heterocycles. The molecule has 4 aromatic heterocycles. The SMILES string of the molecule is Cc1cc(C(=O)N2CCC(CN3CCN(Cc4ccc5c(c4)n(C4CC4)c(=O)n5[C@H]4CCC(=O)NC4=O)C[C@@H]3C)CC2)cc(F)c1C1=CCN([C@@H](C)c2cc3c(-c4ccc(N)nc4)ccnc3n2C)CC1. The van der Waals surface area contributed by atoms with E-state index in [-0.39, 0.29) is 41.8 Å². The van der Waals surface area contributed by atoms with Crippen molar-refractivity contribution in [2.75, 3.05) is 58.1 Å². The fraction of sp³-hybridized carbons (Fsp3) is 0.455. The molecule has 3 atom stereocenters. The van der Waals surface area contributed by atoms with Crippen LogP contribution in [0.3, 0.4) is 0 Å². The van der Waals surface area contributed by atoms with Crippen LogP contribution in [0.15, 0.2) is 77.9 Å². The van der Waals surface area contributed by atoms with Crippen molar-refractivity contribution in [3.8, 4) is 11.1 Å². The normalized spacial score (nSPS) is 21.5. The summed E-state index contributed by atoms with van der Waals surface area (Å²) in [5.74, 6) is -0.175. The second-order valence-electron chi connectivity index (χ2n) is 20.9. The van der Waals surface area contributed by atoms with Crippen molar-refractivity contribution in [2.45, 2.75) is 96.4 Å². The highest BCUT2D eigenvalue weighted by Gasteiger charge is 2.36. The minimum Gasteiger partial charge on any atom is -0.384 e. The van der Waals surface area contributed by atoms with E-state index >= 15 is 4.39 Å². The van der Waals surface area contributed by atoms with Gasteiger partial charge in [0.05, 0.1) is 11.0 Å². The maximum atomic E-state index is 16.1. The molecule has 4 fully saturated rings. The third-order valence-corrected chi connectivity index (χ3v) is 16.2. The Morgan fingerprint density at radius 3 is 2.42 bits per heavy atom. The van der Waals surface area contributed by atoms with Crippen molar-refractivity contribution in [1.82, 2.24) is 48.6 Å². The van der Waals surface area contributed by atoms with E-state index in [4.69, 9.17) is 10.7 Å². The Labute approximate surface area is 413 Å². The van der Waals surface area contributed by atoms with E-state index in [0.29, 0.717) is 61.4 Å². The number of hydrogen-bond acceptors (Lipinski definition) is 10. The van der Waals surface area contributed by atoms with E-state index < -0.39 is 11.9 Å². The van der Waals surface area contributed by atoms with Crippen LogP contribution < -0.4 is 16.7 Å². The van der Waals surface area contributed by atoms with Crippen molar-refractivity contribution >= 4 is 51.2 Å². The molecule has 3 N–H and O–H groups in total. The number of amides is 3. The molecule has 71 heavy (non-hydrogen) atoms. The Kier molecular flexibility index (Phi) is 12.5. The number of aryl methyl sites for hydroxylation is 2.